The van der Waals surface area contributed by atoms with Crippen molar-refractivity contribution in [1.29, 1.82) is 0 Å². The standard InChI is InChI=1S/C23H16O/c24-23(19-10-2-1-3-11-19)16-22-20-12-6-4-8-17(20)14-15-18-9-5-7-13-21(18)22/h1-16H. The molecule has 24 heavy (non-hydrogen) atoms. The van der Waals surface area contributed by atoms with E-state index in [1.807, 2.05) is 54.6 Å². The number of hydrogen-bond acceptors (Lipinski definition) is 1. The van der Waals surface area contributed by atoms with Crippen molar-refractivity contribution >= 4 is 23.5 Å². The SMILES string of the molecule is O=C(C=C1c2ccccc2C=Cc2ccccc21)c1ccccc1. The maximum Gasteiger partial charge on any atom is 0.186 e. The van der Waals surface area contributed by atoms with Gasteiger partial charge < -0.3 is 0 Å². The molecule has 0 amide bonds. The van der Waals surface area contributed by atoms with Crippen molar-refractivity contribution in [3.05, 3.63) is 113 Å². The Hall–Kier alpha value is -3.19. The van der Waals surface area contributed by atoms with Crippen LogP contribution < -0.4 is 0 Å². The predicted octanol–water partition coefficient (Wildman–Crippen LogP) is 5.49. The summed E-state index contributed by atoms with van der Waals surface area (Å²) < 4.78 is 0. The van der Waals surface area contributed by atoms with Crippen molar-refractivity contribution in [3.63, 3.8) is 0 Å². The first-order valence-electron chi connectivity index (χ1n) is 8.01. The number of ketones is 1. The van der Waals surface area contributed by atoms with Crippen LogP contribution in [0.25, 0.3) is 17.7 Å². The van der Waals surface area contributed by atoms with Crippen LogP contribution in [-0.4, -0.2) is 5.78 Å². The van der Waals surface area contributed by atoms with Gasteiger partial charge in [0.25, 0.3) is 0 Å². The van der Waals surface area contributed by atoms with E-state index in [1.165, 1.54) is 0 Å². The maximum absolute atomic E-state index is 12.7. The highest BCUT2D eigenvalue weighted by Gasteiger charge is 2.16. The zero-order chi connectivity index (χ0) is 16.4. The van der Waals surface area contributed by atoms with Crippen molar-refractivity contribution < 1.29 is 4.79 Å². The molecule has 0 radical (unpaired) electrons. The average Bonchev–Trinajstić information content (AvgIpc) is 2.80. The first kappa shape index (κ1) is 14.4. The molecule has 0 saturated carbocycles. The Morgan fingerprint density at radius 3 is 1.71 bits per heavy atom. The topological polar surface area (TPSA) is 17.1 Å². The van der Waals surface area contributed by atoms with Gasteiger partial charge >= 0.3 is 0 Å². The summed E-state index contributed by atoms with van der Waals surface area (Å²) in [5.74, 6) is 0.0251. The lowest BCUT2D eigenvalue weighted by atomic mass is 9.92. The number of benzene rings is 3. The highest BCUT2D eigenvalue weighted by atomic mass is 16.1. The van der Waals surface area contributed by atoms with Gasteiger partial charge in [-0.15, -0.1) is 0 Å². The van der Waals surface area contributed by atoms with Crippen LogP contribution in [0.4, 0.5) is 0 Å². The molecule has 3 aromatic rings. The third kappa shape index (κ3) is 2.61. The van der Waals surface area contributed by atoms with Crippen molar-refractivity contribution in [2.45, 2.75) is 0 Å². The maximum atomic E-state index is 12.7. The van der Waals surface area contributed by atoms with Crippen LogP contribution in [0.1, 0.15) is 32.6 Å². The van der Waals surface area contributed by atoms with Crippen LogP contribution in [0, 0.1) is 0 Å². The van der Waals surface area contributed by atoms with Gasteiger partial charge in [0.15, 0.2) is 5.78 Å². The smallest absolute Gasteiger partial charge is 0.186 e. The lowest BCUT2D eigenvalue weighted by Crippen LogP contribution is -1.99. The quantitative estimate of drug-likeness (QED) is 0.354. The van der Waals surface area contributed by atoms with E-state index in [4.69, 9.17) is 0 Å². The molecule has 1 aliphatic rings. The van der Waals surface area contributed by atoms with E-state index in [1.54, 1.807) is 6.08 Å². The molecule has 0 heterocycles. The fourth-order valence-electron chi connectivity index (χ4n) is 3.07. The summed E-state index contributed by atoms with van der Waals surface area (Å²) in [5.41, 5.74) is 6.10. The number of hydrogen-bond donors (Lipinski definition) is 0. The minimum Gasteiger partial charge on any atom is -0.289 e. The second kappa shape index (κ2) is 6.13. The molecule has 0 bridgehead atoms. The predicted molar refractivity (Wildman–Crippen MR) is 99.7 cm³/mol. The molecular formula is C23H16O. The largest absolute Gasteiger partial charge is 0.289 e. The van der Waals surface area contributed by atoms with Crippen LogP contribution >= 0.6 is 0 Å². The molecule has 0 aliphatic heterocycles. The van der Waals surface area contributed by atoms with Crippen LogP contribution in [0.3, 0.4) is 0 Å². The lowest BCUT2D eigenvalue weighted by Gasteiger charge is -2.11. The minimum atomic E-state index is 0.0251. The molecule has 0 aromatic heterocycles. The van der Waals surface area contributed by atoms with E-state index >= 15 is 0 Å². The van der Waals surface area contributed by atoms with E-state index < -0.39 is 0 Å². The van der Waals surface area contributed by atoms with E-state index in [9.17, 15) is 4.79 Å². The molecule has 1 aliphatic carbocycles. The van der Waals surface area contributed by atoms with E-state index in [2.05, 4.69) is 36.4 Å². The molecule has 4 rings (SSSR count). The van der Waals surface area contributed by atoms with Crippen molar-refractivity contribution in [2.24, 2.45) is 0 Å². The second-order valence-corrected chi connectivity index (χ2v) is 5.80. The minimum absolute atomic E-state index is 0.0251. The molecule has 114 valence electrons. The summed E-state index contributed by atoms with van der Waals surface area (Å²) in [6.07, 6.45) is 5.99. The zero-order valence-electron chi connectivity index (χ0n) is 13.1. The first-order valence-corrected chi connectivity index (χ1v) is 8.01. The van der Waals surface area contributed by atoms with Gasteiger partial charge in [-0.25, -0.2) is 0 Å². The first-order chi connectivity index (χ1) is 11.8. The van der Waals surface area contributed by atoms with Crippen LogP contribution in [0.15, 0.2) is 84.9 Å². The van der Waals surface area contributed by atoms with Gasteiger partial charge in [0.05, 0.1) is 0 Å². The van der Waals surface area contributed by atoms with E-state index in [-0.39, 0.29) is 5.78 Å². The number of rotatable bonds is 2. The van der Waals surface area contributed by atoms with Crippen molar-refractivity contribution in [2.75, 3.05) is 0 Å². The van der Waals surface area contributed by atoms with Crippen LogP contribution in [0.5, 0.6) is 0 Å². The normalized spacial score (nSPS) is 12.1. The molecule has 0 saturated heterocycles. The number of fused-ring (bicyclic) bond motifs is 2. The Bertz CT molecular complexity index is 911. The second-order valence-electron chi connectivity index (χ2n) is 5.80. The Kier molecular flexibility index (Phi) is 3.68. The van der Waals surface area contributed by atoms with E-state index in [0.29, 0.717) is 5.56 Å². The molecule has 1 nitrogen and oxygen atoms in total. The molecule has 3 aromatic carbocycles. The van der Waals surface area contributed by atoms with Gasteiger partial charge in [0.2, 0.25) is 0 Å². The number of allylic oxidation sites excluding steroid dienone is 1. The van der Waals surface area contributed by atoms with Crippen LogP contribution in [-0.2, 0) is 0 Å². The summed E-state index contributed by atoms with van der Waals surface area (Å²) in [5, 5.41) is 0. The molecule has 1 heteroatoms. The van der Waals surface area contributed by atoms with Gasteiger partial charge in [-0.1, -0.05) is 91.0 Å². The van der Waals surface area contributed by atoms with Gasteiger partial charge in [-0.05, 0) is 33.9 Å². The summed E-state index contributed by atoms with van der Waals surface area (Å²) in [6, 6.07) is 25.8. The number of carbonyl (C=O) groups is 1. The third-order valence-electron chi connectivity index (χ3n) is 4.28. The Morgan fingerprint density at radius 1 is 0.625 bits per heavy atom. The van der Waals surface area contributed by atoms with Gasteiger partial charge in [0.1, 0.15) is 0 Å². The molecular weight excluding hydrogens is 292 g/mol. The number of carbonyl (C=O) groups excluding carboxylic acids is 1. The Morgan fingerprint density at radius 2 is 1.12 bits per heavy atom. The Labute approximate surface area is 141 Å². The zero-order valence-corrected chi connectivity index (χ0v) is 13.1. The van der Waals surface area contributed by atoms with Gasteiger partial charge in [0, 0.05) is 5.56 Å². The highest BCUT2D eigenvalue weighted by molar-refractivity contribution is 6.11. The fraction of sp³-hybridized carbons (Fsp3) is 0. The molecule has 0 N–H and O–H groups in total. The lowest BCUT2D eigenvalue weighted by molar-refractivity contribution is 0.104. The molecule has 0 fully saturated rings. The van der Waals surface area contributed by atoms with Gasteiger partial charge in [-0.3, -0.25) is 4.79 Å². The molecule has 0 spiro atoms. The van der Waals surface area contributed by atoms with Crippen molar-refractivity contribution in [1.82, 2.24) is 0 Å². The summed E-state index contributed by atoms with van der Waals surface area (Å²) in [4.78, 5) is 12.7. The summed E-state index contributed by atoms with van der Waals surface area (Å²) in [7, 11) is 0. The average molecular weight is 308 g/mol. The van der Waals surface area contributed by atoms with E-state index in [0.717, 1.165) is 27.8 Å². The molecule has 0 unspecified atom stereocenters. The summed E-state index contributed by atoms with van der Waals surface area (Å²) in [6.45, 7) is 0. The summed E-state index contributed by atoms with van der Waals surface area (Å²) >= 11 is 0. The van der Waals surface area contributed by atoms with Crippen molar-refractivity contribution in [3.8, 4) is 0 Å². The fourth-order valence-corrected chi connectivity index (χ4v) is 3.07. The third-order valence-corrected chi connectivity index (χ3v) is 4.28. The Balaban J connectivity index is 1.92. The highest BCUT2D eigenvalue weighted by Crippen LogP contribution is 2.33. The van der Waals surface area contributed by atoms with Crippen LogP contribution in [0.2, 0.25) is 0 Å². The molecule has 0 atom stereocenters. The monoisotopic (exact) mass is 308 g/mol. The van der Waals surface area contributed by atoms with Gasteiger partial charge in [-0.2, -0.15) is 0 Å².